The maximum Gasteiger partial charge on any atom is 0.253 e. The number of likely N-dealkylation sites (N-methyl/N-ethyl adjacent to an activating group) is 1. The number of rotatable bonds is 12. The van der Waals surface area contributed by atoms with Crippen LogP contribution in [0.15, 0.2) is 71.7 Å². The molecule has 0 saturated carbocycles. The third kappa shape index (κ3) is 12.4. The summed E-state index contributed by atoms with van der Waals surface area (Å²) in [4.78, 5) is 17.3. The Hall–Kier alpha value is -2.53. The van der Waals surface area contributed by atoms with Crippen LogP contribution in [0.4, 0.5) is 0 Å². The molecule has 0 aromatic carbocycles. The van der Waals surface area contributed by atoms with E-state index in [1.165, 1.54) is 18.4 Å². The highest BCUT2D eigenvalue weighted by molar-refractivity contribution is 5.96. The molecular weight excluding hydrogens is 446 g/mol. The number of amides is 1. The lowest BCUT2D eigenvalue weighted by Crippen LogP contribution is -2.32. The SMILES string of the molecule is C=C/C(=C\C/C(=C\C)OC(C)C)NCCN(C)CC1=CC=CC(C(=O)N2CCCCCC2)=CC1.CC. The standard InChI is InChI=1S/C29H45N3O2.C2H6/c1-6-27(17-18-28(7-2)34-24(3)4)30-19-22-31(5)23-25-13-12-14-26(16-15-25)29(33)32-20-10-8-9-11-21-32;1-2/h6-7,12-14,16-17,24,30H,1,8-11,15,18-23H2,2-5H3;1-2H3/b27-17+,28-7+;. The zero-order chi connectivity index (χ0) is 26.8. The Kier molecular flexibility index (Phi) is 16.4. The molecule has 0 spiro atoms. The molecule has 0 aromatic rings. The number of hydrogen-bond donors (Lipinski definition) is 1. The summed E-state index contributed by atoms with van der Waals surface area (Å²) in [6.07, 6.45) is 20.7. The van der Waals surface area contributed by atoms with Gasteiger partial charge in [0.1, 0.15) is 0 Å². The van der Waals surface area contributed by atoms with Crippen LogP contribution in [-0.4, -0.2) is 61.6 Å². The summed E-state index contributed by atoms with van der Waals surface area (Å²) in [6, 6.07) is 0. The molecule has 202 valence electrons. The highest BCUT2D eigenvalue weighted by Crippen LogP contribution is 2.18. The van der Waals surface area contributed by atoms with Gasteiger partial charge in [0.25, 0.3) is 5.91 Å². The van der Waals surface area contributed by atoms with Crippen LogP contribution in [0, 0.1) is 0 Å². The minimum absolute atomic E-state index is 0.180. The van der Waals surface area contributed by atoms with Gasteiger partial charge < -0.3 is 19.9 Å². The topological polar surface area (TPSA) is 44.8 Å². The van der Waals surface area contributed by atoms with Gasteiger partial charge in [0.15, 0.2) is 0 Å². The molecule has 2 rings (SSSR count). The average Bonchev–Trinajstić information content (AvgIpc) is 3.29. The van der Waals surface area contributed by atoms with Crippen molar-refractivity contribution >= 4 is 5.91 Å². The minimum atomic E-state index is 0.180. The quantitative estimate of drug-likeness (QED) is 0.246. The van der Waals surface area contributed by atoms with Crippen molar-refractivity contribution in [3.63, 3.8) is 0 Å². The Bertz CT molecular complexity index is 810. The fraction of sp³-hybridized carbons (Fsp3) is 0.581. The van der Waals surface area contributed by atoms with Crippen molar-refractivity contribution < 1.29 is 9.53 Å². The summed E-state index contributed by atoms with van der Waals surface area (Å²) in [5.41, 5.74) is 3.18. The lowest BCUT2D eigenvalue weighted by Gasteiger charge is -2.21. The minimum Gasteiger partial charge on any atom is -0.495 e. The highest BCUT2D eigenvalue weighted by atomic mass is 16.5. The molecule has 1 aliphatic heterocycles. The molecule has 1 amide bonds. The Balaban J connectivity index is 0.00000316. The second-order valence-electron chi connectivity index (χ2n) is 9.41. The maximum absolute atomic E-state index is 12.9. The van der Waals surface area contributed by atoms with Crippen LogP contribution in [0.2, 0.25) is 0 Å². The number of carbonyl (C=O) groups is 1. The van der Waals surface area contributed by atoms with Gasteiger partial charge in [-0.25, -0.2) is 0 Å². The first kappa shape index (κ1) is 31.5. The van der Waals surface area contributed by atoms with Crippen LogP contribution >= 0.6 is 0 Å². The molecule has 1 saturated heterocycles. The Morgan fingerprint density at radius 2 is 1.92 bits per heavy atom. The van der Waals surface area contributed by atoms with Gasteiger partial charge in [-0.2, -0.15) is 0 Å². The first-order chi connectivity index (χ1) is 17.4. The second kappa shape index (κ2) is 18.7. The number of allylic oxidation sites excluding steroid dienone is 6. The van der Waals surface area contributed by atoms with Crippen molar-refractivity contribution in [2.75, 3.05) is 39.8 Å². The molecule has 1 fully saturated rings. The van der Waals surface area contributed by atoms with Gasteiger partial charge in [0.05, 0.1) is 11.9 Å². The molecule has 0 radical (unpaired) electrons. The van der Waals surface area contributed by atoms with Crippen LogP contribution in [0.25, 0.3) is 0 Å². The summed E-state index contributed by atoms with van der Waals surface area (Å²) in [7, 11) is 2.13. The summed E-state index contributed by atoms with van der Waals surface area (Å²) in [5, 5.41) is 3.47. The highest BCUT2D eigenvalue weighted by Gasteiger charge is 2.18. The summed E-state index contributed by atoms with van der Waals surface area (Å²) >= 11 is 0. The average molecular weight is 498 g/mol. The summed E-state index contributed by atoms with van der Waals surface area (Å²) in [6.45, 7) is 18.4. The monoisotopic (exact) mass is 497 g/mol. The molecule has 2 aliphatic rings. The number of likely N-dealkylation sites (tertiary alicyclic amines) is 1. The van der Waals surface area contributed by atoms with E-state index in [0.29, 0.717) is 0 Å². The molecule has 36 heavy (non-hydrogen) atoms. The molecule has 5 nitrogen and oxygen atoms in total. The molecule has 0 aromatic heterocycles. The van der Waals surface area contributed by atoms with E-state index in [0.717, 1.165) is 75.4 Å². The van der Waals surface area contributed by atoms with Gasteiger partial charge in [-0.05, 0) is 65.3 Å². The number of carbonyl (C=O) groups excluding carboxylic acids is 1. The molecular formula is C31H51N3O2. The van der Waals surface area contributed by atoms with Crippen LogP contribution < -0.4 is 5.32 Å². The first-order valence-corrected chi connectivity index (χ1v) is 13.8. The van der Waals surface area contributed by atoms with E-state index in [4.69, 9.17) is 4.74 Å². The van der Waals surface area contributed by atoms with Gasteiger partial charge in [-0.15, -0.1) is 0 Å². The zero-order valence-corrected chi connectivity index (χ0v) is 23.8. The van der Waals surface area contributed by atoms with E-state index in [2.05, 4.69) is 42.1 Å². The van der Waals surface area contributed by atoms with Crippen LogP contribution in [0.5, 0.6) is 0 Å². The molecule has 1 heterocycles. The first-order valence-electron chi connectivity index (χ1n) is 13.8. The van der Waals surface area contributed by atoms with Gasteiger partial charge in [0.2, 0.25) is 0 Å². The van der Waals surface area contributed by atoms with Crippen molar-refractivity contribution in [3.8, 4) is 0 Å². The van der Waals surface area contributed by atoms with Crippen molar-refractivity contribution in [3.05, 3.63) is 71.7 Å². The third-order valence-corrected chi connectivity index (χ3v) is 6.08. The van der Waals surface area contributed by atoms with E-state index in [-0.39, 0.29) is 12.0 Å². The molecule has 0 unspecified atom stereocenters. The van der Waals surface area contributed by atoms with Crippen molar-refractivity contribution in [1.82, 2.24) is 15.1 Å². The lowest BCUT2D eigenvalue weighted by atomic mass is 10.1. The van der Waals surface area contributed by atoms with Gasteiger partial charge in [0, 0.05) is 50.4 Å². The van der Waals surface area contributed by atoms with Crippen molar-refractivity contribution in [2.24, 2.45) is 0 Å². The van der Waals surface area contributed by atoms with E-state index >= 15 is 0 Å². The molecule has 1 N–H and O–H groups in total. The van der Waals surface area contributed by atoms with E-state index in [1.54, 1.807) is 0 Å². The number of ether oxygens (including phenoxy) is 1. The van der Waals surface area contributed by atoms with Crippen LogP contribution in [0.1, 0.15) is 73.1 Å². The fourth-order valence-corrected chi connectivity index (χ4v) is 4.19. The van der Waals surface area contributed by atoms with Gasteiger partial charge in [-0.3, -0.25) is 4.79 Å². The predicted molar refractivity (Wildman–Crippen MR) is 155 cm³/mol. The molecule has 0 bridgehead atoms. The lowest BCUT2D eigenvalue weighted by molar-refractivity contribution is -0.126. The van der Waals surface area contributed by atoms with Crippen molar-refractivity contribution in [2.45, 2.75) is 79.2 Å². The van der Waals surface area contributed by atoms with Crippen LogP contribution in [0.3, 0.4) is 0 Å². The summed E-state index contributed by atoms with van der Waals surface area (Å²) in [5.74, 6) is 1.16. The molecule has 0 atom stereocenters. The number of nitrogens with zero attached hydrogens (tertiary/aromatic N) is 2. The van der Waals surface area contributed by atoms with E-state index < -0.39 is 0 Å². The number of nitrogens with one attached hydrogen (secondary N) is 1. The van der Waals surface area contributed by atoms with Crippen molar-refractivity contribution in [1.29, 1.82) is 0 Å². The van der Waals surface area contributed by atoms with E-state index in [1.807, 2.05) is 63.8 Å². The van der Waals surface area contributed by atoms with Gasteiger partial charge >= 0.3 is 0 Å². The summed E-state index contributed by atoms with van der Waals surface area (Å²) < 4.78 is 5.80. The Labute approximate surface area is 221 Å². The second-order valence-corrected chi connectivity index (χ2v) is 9.41. The smallest absolute Gasteiger partial charge is 0.253 e. The maximum atomic E-state index is 12.9. The Morgan fingerprint density at radius 3 is 2.53 bits per heavy atom. The number of hydrogen-bond acceptors (Lipinski definition) is 4. The largest absolute Gasteiger partial charge is 0.495 e. The fourth-order valence-electron chi connectivity index (χ4n) is 4.19. The molecule has 5 heteroatoms. The van der Waals surface area contributed by atoms with Gasteiger partial charge in [-0.1, -0.05) is 63.1 Å². The third-order valence-electron chi connectivity index (χ3n) is 6.08. The van der Waals surface area contributed by atoms with E-state index in [9.17, 15) is 4.79 Å². The normalized spacial score (nSPS) is 16.9. The predicted octanol–water partition coefficient (Wildman–Crippen LogP) is 6.54. The molecule has 1 aliphatic carbocycles. The van der Waals surface area contributed by atoms with Crippen LogP contribution in [-0.2, 0) is 9.53 Å². The zero-order valence-electron chi connectivity index (χ0n) is 23.8. The Morgan fingerprint density at radius 1 is 1.22 bits per heavy atom.